The van der Waals surface area contributed by atoms with Crippen LogP contribution in [0.2, 0.25) is 17.3 Å². The number of aromatic nitrogens is 5. The molecule has 313 valence electrons. The predicted octanol–water partition coefficient (Wildman–Crippen LogP) is 13.1. The van der Waals surface area contributed by atoms with Gasteiger partial charge in [0, 0.05) is 42.6 Å². The van der Waals surface area contributed by atoms with Gasteiger partial charge in [-0.15, -0.1) is 17.7 Å². The smallest absolute Gasteiger partial charge is 0 e. The van der Waals surface area contributed by atoms with E-state index in [1.807, 2.05) is 32.3 Å². The van der Waals surface area contributed by atoms with E-state index < -0.39 is 25.9 Å². The molecule has 8 rings (SSSR count). The summed E-state index contributed by atoms with van der Waals surface area (Å²) in [4.78, 5) is 19.0. The fourth-order valence-electron chi connectivity index (χ4n) is 8.04. The molecule has 8 aromatic rings. The maximum atomic E-state index is 13.6. The number of fused-ring (bicyclic) bond motifs is 4. The number of halogens is 1. The first-order valence-electron chi connectivity index (χ1n) is 22.0. The van der Waals surface area contributed by atoms with Crippen molar-refractivity contribution in [1.29, 1.82) is 0 Å². The molecule has 0 N–H and O–H groups in total. The number of nitrogens with zero attached hydrogens (tertiary/aromatic N) is 5. The molecule has 0 saturated carbocycles. The molecule has 0 unspecified atom stereocenters. The van der Waals surface area contributed by atoms with Crippen molar-refractivity contribution in [3.63, 3.8) is 0 Å². The summed E-state index contributed by atoms with van der Waals surface area (Å²) in [5.74, 6) is 8.36. The largest absolute Gasteiger partial charge is 0 e. The van der Waals surface area contributed by atoms with Crippen molar-refractivity contribution < 1.29 is 33.0 Å². The van der Waals surface area contributed by atoms with Crippen molar-refractivity contribution >= 4 is 50.8 Å². The summed E-state index contributed by atoms with van der Waals surface area (Å²) < 4.78 is 46.5. The van der Waals surface area contributed by atoms with Gasteiger partial charge in [0.05, 0.1) is 28.6 Å². The molecule has 3 aromatic carbocycles. The quantitative estimate of drug-likeness (QED) is 0.112. The Morgan fingerprint density at radius 1 is 0.850 bits per heavy atom. The SMILES string of the molecule is Cc1cc2nc(-c3[c-]c4oc5nc(C)cc(C)c5c4cc3)n(-c3c(C(C)C)cccc3C(C)C)c2cn1.[2H]C([2H])([2H])c1cc(F)c[c-]c1-c1cc(CC(C)C)[c]([Ge]([CH3])([CH3])[CH3])cn1.[Ir]. The number of furan rings is 1. The molecule has 9 heteroatoms. The average Bonchev–Trinajstić information content (AvgIpc) is 3.74. The summed E-state index contributed by atoms with van der Waals surface area (Å²) in [6.07, 6.45) is 4.75. The Morgan fingerprint density at radius 3 is 2.22 bits per heavy atom. The number of aryl methyl sites for hydroxylation is 4. The molecular weight excluding hydrogens is 982 g/mol. The van der Waals surface area contributed by atoms with Crippen molar-refractivity contribution in [1.82, 2.24) is 24.5 Å². The Morgan fingerprint density at radius 2 is 1.57 bits per heavy atom. The maximum Gasteiger partial charge on any atom is 0 e. The van der Waals surface area contributed by atoms with Crippen LogP contribution in [-0.2, 0) is 26.5 Å². The van der Waals surface area contributed by atoms with Crippen molar-refractivity contribution in [2.75, 3.05) is 0 Å². The first-order valence-corrected chi connectivity index (χ1v) is 27.9. The monoisotopic (exact) mass is 1040 g/mol. The standard InChI is InChI=1S/C32H31N4O.C19H25FGeN.Ir/c1-17(2)23-9-8-10-24(18(3)4)30(23)36-27-16-33-20(6)14-26(27)35-31(36)22-11-12-25-28(15-22)37-32-29(25)19(5)13-21(7)34-32;1-13(2)9-15-11-19(22-12-18(15)21(4,5)6)17-8-7-16(20)10-14(17)3;/h8-14,16-18H,1-7H3;7,10-13H,9H2,1-6H3;/q2*-1;/i;3D3;. The third-order valence-corrected chi connectivity index (χ3v) is 15.1. The molecule has 5 aromatic heterocycles. The number of rotatable bonds is 8. The van der Waals surface area contributed by atoms with Crippen LogP contribution >= 0.6 is 0 Å². The fraction of sp³-hybridized carbons (Fsp3) is 0.333. The molecule has 0 amide bonds. The molecule has 1 radical (unpaired) electrons. The van der Waals surface area contributed by atoms with Gasteiger partial charge in [-0.25, -0.2) is 4.98 Å². The molecule has 60 heavy (non-hydrogen) atoms. The first kappa shape index (κ1) is 40.9. The number of hydrogen-bond donors (Lipinski definition) is 0. The van der Waals surface area contributed by atoms with Gasteiger partial charge in [0.15, 0.2) is 0 Å². The molecule has 0 bridgehead atoms. The van der Waals surface area contributed by atoms with Crippen LogP contribution < -0.4 is 4.40 Å². The number of para-hydroxylation sites is 1. The third kappa shape index (κ3) is 9.07. The summed E-state index contributed by atoms with van der Waals surface area (Å²) in [6, 6.07) is 25.5. The van der Waals surface area contributed by atoms with Gasteiger partial charge in [0.1, 0.15) is 0 Å². The van der Waals surface area contributed by atoms with Gasteiger partial charge in [-0.05, 0) is 61.4 Å². The normalized spacial score (nSPS) is 12.8. The summed E-state index contributed by atoms with van der Waals surface area (Å²) in [7, 11) is 0. The predicted molar refractivity (Wildman–Crippen MR) is 245 cm³/mol. The van der Waals surface area contributed by atoms with Gasteiger partial charge in [0.2, 0.25) is 5.71 Å². The molecule has 6 nitrogen and oxygen atoms in total. The minimum atomic E-state index is -2.41. The summed E-state index contributed by atoms with van der Waals surface area (Å²) >= 11 is -2.10. The van der Waals surface area contributed by atoms with E-state index in [9.17, 15) is 4.39 Å². The first-order chi connectivity index (χ1) is 29.1. The van der Waals surface area contributed by atoms with Crippen molar-refractivity contribution in [3.05, 3.63) is 130 Å². The zero-order valence-electron chi connectivity index (χ0n) is 39.7. The van der Waals surface area contributed by atoms with Gasteiger partial charge < -0.3 is 8.98 Å². The van der Waals surface area contributed by atoms with Crippen LogP contribution in [0.5, 0.6) is 0 Å². The van der Waals surface area contributed by atoms with Crippen molar-refractivity contribution in [2.45, 2.75) is 105 Å². The van der Waals surface area contributed by atoms with Crippen molar-refractivity contribution in [3.8, 4) is 28.3 Å². The molecule has 0 atom stereocenters. The molecule has 0 aliphatic carbocycles. The van der Waals surface area contributed by atoms with Crippen LogP contribution in [0.4, 0.5) is 4.39 Å². The average molecular weight is 1040 g/mol. The van der Waals surface area contributed by atoms with E-state index in [1.54, 1.807) is 0 Å². The fourth-order valence-corrected chi connectivity index (χ4v) is 11.4. The zero-order valence-corrected chi connectivity index (χ0v) is 41.2. The van der Waals surface area contributed by atoms with Crippen molar-refractivity contribution in [2.24, 2.45) is 5.92 Å². The Hall–Kier alpha value is -4.50. The minimum Gasteiger partial charge on any atom is 0 e. The molecule has 0 fully saturated rings. The van der Waals surface area contributed by atoms with Crippen LogP contribution in [0.25, 0.3) is 61.4 Å². The molecule has 0 spiro atoms. The minimum absolute atomic E-state index is 0. The van der Waals surface area contributed by atoms with Crippen LogP contribution in [0.3, 0.4) is 0 Å². The Labute approximate surface area is 375 Å². The second-order valence-electron chi connectivity index (χ2n) is 17.8. The molecular formula is C51H56FGeIrN5O-2. The second-order valence-corrected chi connectivity index (χ2v) is 28.4. The number of benzene rings is 3. The molecule has 0 saturated heterocycles. The van der Waals surface area contributed by atoms with Gasteiger partial charge >= 0.3 is 140 Å². The second kappa shape index (κ2) is 17.8. The third-order valence-electron chi connectivity index (χ3n) is 10.8. The Kier molecular flexibility index (Phi) is 12.2. The maximum absolute atomic E-state index is 13.6. The van der Waals surface area contributed by atoms with Gasteiger partial charge in [0.25, 0.3) is 0 Å². The van der Waals surface area contributed by atoms with Gasteiger partial charge in [-0.3, -0.25) is 9.97 Å². The van der Waals surface area contributed by atoms with Crippen LogP contribution in [-0.4, -0.2) is 37.8 Å². The topological polar surface area (TPSA) is 69.6 Å². The van der Waals surface area contributed by atoms with E-state index in [0.717, 1.165) is 62.6 Å². The van der Waals surface area contributed by atoms with E-state index >= 15 is 0 Å². The number of pyridine rings is 3. The summed E-state index contributed by atoms with van der Waals surface area (Å²) in [5.41, 5.74) is 13.0. The van der Waals surface area contributed by atoms with E-state index in [-0.39, 0.29) is 25.7 Å². The zero-order chi connectivity index (χ0) is 45.0. The van der Waals surface area contributed by atoms with E-state index in [1.165, 1.54) is 32.8 Å². The van der Waals surface area contributed by atoms with Crippen LogP contribution in [0, 0.1) is 51.5 Å². The molecule has 0 aliphatic heterocycles. The Balaban J connectivity index is 0.000000223. The van der Waals surface area contributed by atoms with E-state index in [2.05, 4.69) is 140 Å². The van der Waals surface area contributed by atoms with Gasteiger partial charge in [-0.1, -0.05) is 57.3 Å². The molecule has 0 aliphatic rings. The molecule has 5 heterocycles. The Bertz CT molecular complexity index is 2940. The van der Waals surface area contributed by atoms with E-state index in [4.69, 9.17) is 13.5 Å². The van der Waals surface area contributed by atoms with E-state index in [0.29, 0.717) is 40.3 Å². The summed E-state index contributed by atoms with van der Waals surface area (Å²) in [5, 5.41) is 2.07. The van der Waals surface area contributed by atoms with Crippen LogP contribution in [0.15, 0.2) is 77.5 Å². The number of hydrogen-bond acceptors (Lipinski definition) is 5. The number of imidazole rings is 1. The summed E-state index contributed by atoms with van der Waals surface area (Å²) in [6.45, 7) is 17.0. The van der Waals surface area contributed by atoms with Crippen LogP contribution in [0.1, 0.15) is 96.7 Å². The van der Waals surface area contributed by atoms with Gasteiger partial charge in [-0.2, -0.15) is 0 Å².